The van der Waals surface area contributed by atoms with Gasteiger partial charge in [-0.05, 0) is 32.3 Å². The van der Waals surface area contributed by atoms with Gasteiger partial charge in [0, 0.05) is 5.57 Å². The molecule has 138 valence electrons. The molecule has 3 aliphatic rings. The third-order valence-electron chi connectivity index (χ3n) is 5.45. The van der Waals surface area contributed by atoms with Crippen LogP contribution >= 0.6 is 0 Å². The van der Waals surface area contributed by atoms with E-state index in [4.69, 9.17) is 14.2 Å². The zero-order chi connectivity index (χ0) is 18.5. The van der Waals surface area contributed by atoms with Gasteiger partial charge in [-0.25, -0.2) is 4.79 Å². The lowest BCUT2D eigenvalue weighted by molar-refractivity contribution is -0.163. The van der Waals surface area contributed by atoms with Gasteiger partial charge in [-0.3, -0.25) is 4.79 Å². The molecular formula is C19H26O6. The minimum absolute atomic E-state index is 0.203. The molecule has 2 saturated heterocycles. The Morgan fingerprint density at radius 2 is 2.16 bits per heavy atom. The van der Waals surface area contributed by atoms with Crippen LogP contribution in [0, 0.1) is 11.8 Å². The molecule has 0 amide bonds. The van der Waals surface area contributed by atoms with E-state index in [0.29, 0.717) is 0 Å². The van der Waals surface area contributed by atoms with Crippen molar-refractivity contribution in [3.63, 3.8) is 0 Å². The number of fused-ring (bicyclic) bond motifs is 2. The summed E-state index contributed by atoms with van der Waals surface area (Å²) in [6.07, 6.45) is 0.635. The van der Waals surface area contributed by atoms with Gasteiger partial charge in [0.15, 0.2) is 12.2 Å². The molecule has 2 aliphatic heterocycles. The van der Waals surface area contributed by atoms with E-state index in [9.17, 15) is 14.7 Å². The summed E-state index contributed by atoms with van der Waals surface area (Å²) in [7, 11) is 0. The largest absolute Gasteiger partial charge is 0.454 e. The lowest BCUT2D eigenvalue weighted by Gasteiger charge is -2.31. The molecule has 0 radical (unpaired) electrons. The van der Waals surface area contributed by atoms with E-state index in [0.717, 1.165) is 18.4 Å². The Bertz CT molecular complexity index is 636. The van der Waals surface area contributed by atoms with Crippen molar-refractivity contribution >= 4 is 11.9 Å². The van der Waals surface area contributed by atoms with Crippen molar-refractivity contribution in [3.8, 4) is 0 Å². The molecule has 0 unspecified atom stereocenters. The van der Waals surface area contributed by atoms with Gasteiger partial charge in [0.05, 0.1) is 23.5 Å². The summed E-state index contributed by atoms with van der Waals surface area (Å²) < 4.78 is 16.9. The van der Waals surface area contributed by atoms with Gasteiger partial charge in [0.1, 0.15) is 6.10 Å². The summed E-state index contributed by atoms with van der Waals surface area (Å²) in [5, 5.41) is 10.8. The zero-order valence-corrected chi connectivity index (χ0v) is 15.2. The second kappa shape index (κ2) is 6.25. The summed E-state index contributed by atoms with van der Waals surface area (Å²) in [5.74, 6) is -1.90. The van der Waals surface area contributed by atoms with E-state index >= 15 is 0 Å². The Kier molecular flexibility index (Phi) is 4.54. The summed E-state index contributed by atoms with van der Waals surface area (Å²) in [4.78, 5) is 24.3. The number of allylic oxidation sites excluding steroid dienone is 1. The van der Waals surface area contributed by atoms with Gasteiger partial charge in [-0.2, -0.15) is 0 Å². The number of rotatable bonds is 2. The minimum Gasteiger partial charge on any atom is -0.454 e. The van der Waals surface area contributed by atoms with Crippen molar-refractivity contribution in [2.45, 2.75) is 70.6 Å². The maximum absolute atomic E-state index is 12.2. The SMILES string of the molecule is C=C1C(=O)O[C@@H]2[C@@H]1[C@H](O)[C@H]1O[C@@]1(C)CC/C=C(\C)[C@@H]2OC(=O)C(C)C. The molecule has 0 aromatic rings. The topological polar surface area (TPSA) is 85.4 Å². The van der Waals surface area contributed by atoms with Crippen LogP contribution in [0.25, 0.3) is 0 Å². The summed E-state index contributed by atoms with van der Waals surface area (Å²) in [5.41, 5.74) is 0.601. The van der Waals surface area contributed by atoms with E-state index in [1.165, 1.54) is 0 Å². The first-order chi connectivity index (χ1) is 11.7. The highest BCUT2D eigenvalue weighted by atomic mass is 16.6. The van der Waals surface area contributed by atoms with Crippen molar-refractivity contribution in [2.75, 3.05) is 0 Å². The normalized spacial score (nSPS) is 42.8. The number of ether oxygens (including phenoxy) is 3. The average Bonchev–Trinajstić information content (AvgIpc) is 3.12. The number of hydrogen-bond acceptors (Lipinski definition) is 6. The van der Waals surface area contributed by atoms with Crippen LogP contribution in [0.3, 0.4) is 0 Å². The Morgan fingerprint density at radius 1 is 1.48 bits per heavy atom. The summed E-state index contributed by atoms with van der Waals surface area (Å²) in [6, 6.07) is 0. The summed E-state index contributed by atoms with van der Waals surface area (Å²) in [6.45, 7) is 11.1. The number of epoxide rings is 1. The quantitative estimate of drug-likeness (QED) is 0.354. The van der Waals surface area contributed by atoms with Crippen molar-refractivity contribution in [2.24, 2.45) is 11.8 Å². The fourth-order valence-electron chi connectivity index (χ4n) is 3.72. The molecule has 0 aromatic carbocycles. The third-order valence-corrected chi connectivity index (χ3v) is 5.45. The van der Waals surface area contributed by atoms with Gasteiger partial charge < -0.3 is 19.3 Å². The van der Waals surface area contributed by atoms with Crippen molar-refractivity contribution in [1.82, 2.24) is 0 Å². The molecular weight excluding hydrogens is 324 g/mol. The number of aliphatic hydroxyl groups excluding tert-OH is 1. The second-order valence-corrected chi connectivity index (χ2v) is 7.76. The highest BCUT2D eigenvalue weighted by molar-refractivity contribution is 5.91. The predicted octanol–water partition coefficient (Wildman–Crippen LogP) is 1.91. The van der Waals surface area contributed by atoms with Gasteiger partial charge >= 0.3 is 11.9 Å². The van der Waals surface area contributed by atoms with E-state index in [-0.39, 0.29) is 23.6 Å². The molecule has 2 heterocycles. The van der Waals surface area contributed by atoms with Gasteiger partial charge in [0.25, 0.3) is 0 Å². The van der Waals surface area contributed by atoms with Gasteiger partial charge in [0.2, 0.25) is 0 Å². The Hall–Kier alpha value is -1.66. The average molecular weight is 350 g/mol. The zero-order valence-electron chi connectivity index (χ0n) is 15.2. The number of hydrogen-bond donors (Lipinski definition) is 1. The Morgan fingerprint density at radius 3 is 2.80 bits per heavy atom. The lowest BCUT2D eigenvalue weighted by Crippen LogP contribution is -2.44. The number of carbonyl (C=O) groups is 2. The first kappa shape index (κ1) is 18.1. The third kappa shape index (κ3) is 3.13. The van der Waals surface area contributed by atoms with Crippen LogP contribution in [0.2, 0.25) is 0 Å². The smallest absolute Gasteiger partial charge is 0.334 e. The monoisotopic (exact) mass is 350 g/mol. The molecule has 2 fully saturated rings. The van der Waals surface area contributed by atoms with Crippen LogP contribution in [0.5, 0.6) is 0 Å². The van der Waals surface area contributed by atoms with Crippen LogP contribution in [0.1, 0.15) is 40.5 Å². The van der Waals surface area contributed by atoms with Gasteiger partial charge in [-0.1, -0.05) is 26.5 Å². The Balaban J connectivity index is 1.98. The maximum Gasteiger partial charge on any atom is 0.334 e. The second-order valence-electron chi connectivity index (χ2n) is 7.76. The summed E-state index contributed by atoms with van der Waals surface area (Å²) >= 11 is 0. The van der Waals surface area contributed by atoms with E-state index < -0.39 is 35.8 Å². The molecule has 1 aliphatic carbocycles. The van der Waals surface area contributed by atoms with Crippen LogP contribution < -0.4 is 0 Å². The van der Waals surface area contributed by atoms with Crippen molar-refractivity contribution in [1.29, 1.82) is 0 Å². The molecule has 6 nitrogen and oxygen atoms in total. The molecule has 0 spiro atoms. The van der Waals surface area contributed by atoms with Crippen LogP contribution in [-0.2, 0) is 23.8 Å². The highest BCUT2D eigenvalue weighted by Crippen LogP contribution is 2.48. The number of aliphatic hydroxyl groups is 1. The first-order valence-electron chi connectivity index (χ1n) is 8.78. The fraction of sp³-hybridized carbons (Fsp3) is 0.684. The molecule has 6 heteroatoms. The van der Waals surface area contributed by atoms with Crippen molar-refractivity contribution < 1.29 is 28.9 Å². The number of esters is 2. The molecule has 3 rings (SSSR count). The molecule has 0 saturated carbocycles. The van der Waals surface area contributed by atoms with E-state index in [1.807, 2.05) is 19.9 Å². The molecule has 6 atom stereocenters. The van der Waals surface area contributed by atoms with Crippen molar-refractivity contribution in [3.05, 3.63) is 23.8 Å². The highest BCUT2D eigenvalue weighted by Gasteiger charge is 2.61. The molecule has 0 bridgehead atoms. The standard InChI is InChI=1S/C19H26O6/c1-9(2)17(21)23-14-10(3)7-6-8-19(5)16(25-19)13(20)12-11(4)18(22)24-15(12)14/h7,9,12-16,20H,4,6,8H2,1-3,5H3/b10-7+/t12-,13-,14-,15+,16+,19-/m0/s1. The van der Waals surface area contributed by atoms with Crippen LogP contribution in [0.4, 0.5) is 0 Å². The molecule has 25 heavy (non-hydrogen) atoms. The number of carbonyl (C=O) groups excluding carboxylic acids is 2. The molecule has 0 aromatic heterocycles. The van der Waals surface area contributed by atoms with E-state index in [1.54, 1.807) is 13.8 Å². The van der Waals surface area contributed by atoms with E-state index in [2.05, 4.69) is 6.58 Å². The van der Waals surface area contributed by atoms with Gasteiger partial charge in [-0.15, -0.1) is 0 Å². The lowest BCUT2D eigenvalue weighted by atomic mass is 9.81. The minimum atomic E-state index is -0.930. The van der Waals surface area contributed by atoms with Crippen LogP contribution in [0.15, 0.2) is 23.8 Å². The molecule has 1 N–H and O–H groups in total. The maximum atomic E-state index is 12.2. The predicted molar refractivity (Wildman–Crippen MR) is 89.5 cm³/mol. The fourth-order valence-corrected chi connectivity index (χ4v) is 3.72. The van der Waals surface area contributed by atoms with Crippen LogP contribution in [-0.4, -0.2) is 47.1 Å². The Labute approximate surface area is 147 Å². The first-order valence-corrected chi connectivity index (χ1v) is 8.78.